The highest BCUT2D eigenvalue weighted by molar-refractivity contribution is 7.92. The first-order valence-corrected chi connectivity index (χ1v) is 15.9. The number of hydrogen-bond donors (Lipinski definition) is 1. The lowest BCUT2D eigenvalue weighted by atomic mass is 9.97. The lowest BCUT2D eigenvalue weighted by Crippen LogP contribution is -2.26. The van der Waals surface area contributed by atoms with Crippen LogP contribution >= 0.6 is 11.6 Å². The number of aromatic nitrogens is 3. The van der Waals surface area contributed by atoms with Crippen LogP contribution in [0.15, 0.2) is 82.0 Å². The SMILES string of the molecule is CNC(=O)c1c(-c2ccc(F)cc2)oc2cc(N(C)S(C)(=O)=O)c(-c3cc4c(=O)n(Cc5ccc(F)cc5)nnc4cc3Cl)cc12. The van der Waals surface area contributed by atoms with Crippen molar-refractivity contribution in [2.24, 2.45) is 0 Å². The number of benzene rings is 4. The molecule has 1 amide bonds. The van der Waals surface area contributed by atoms with Gasteiger partial charge in [0.2, 0.25) is 10.0 Å². The van der Waals surface area contributed by atoms with Crippen molar-refractivity contribution < 1.29 is 26.4 Å². The standard InChI is InChI=1S/C32H24ClF2N5O5S/c1-36-31(41)29-24-13-22(27(39(2)46(3,43)44)15-28(24)45-30(29)18-6-10-20(35)11-7-18)21-12-23-26(14-25(21)33)37-38-40(32(23)42)16-17-4-8-19(34)9-5-17/h4-15H,16H2,1-3H3,(H,36,41). The van der Waals surface area contributed by atoms with E-state index in [9.17, 15) is 26.8 Å². The second-order valence-electron chi connectivity index (χ2n) is 10.5. The predicted octanol–water partition coefficient (Wildman–Crippen LogP) is 5.61. The quantitative estimate of drug-likeness (QED) is 0.235. The first kappa shape index (κ1) is 30.9. The molecule has 0 saturated carbocycles. The molecule has 10 nitrogen and oxygen atoms in total. The number of amides is 1. The number of hydrogen-bond acceptors (Lipinski definition) is 7. The number of furan rings is 1. The van der Waals surface area contributed by atoms with Crippen LogP contribution in [0.25, 0.3) is 44.3 Å². The van der Waals surface area contributed by atoms with Gasteiger partial charge in [0, 0.05) is 42.2 Å². The Hall–Kier alpha value is -5.14. The zero-order valence-electron chi connectivity index (χ0n) is 24.5. The first-order chi connectivity index (χ1) is 21.8. The summed E-state index contributed by atoms with van der Waals surface area (Å²) in [6, 6.07) is 16.9. The molecule has 0 aliphatic rings. The summed E-state index contributed by atoms with van der Waals surface area (Å²) in [4.78, 5) is 26.8. The highest BCUT2D eigenvalue weighted by Crippen LogP contribution is 2.43. The third kappa shape index (κ3) is 5.59. The van der Waals surface area contributed by atoms with Crippen molar-refractivity contribution in [3.05, 3.63) is 111 Å². The monoisotopic (exact) mass is 663 g/mol. The molecule has 14 heteroatoms. The second kappa shape index (κ2) is 11.7. The molecule has 234 valence electrons. The minimum absolute atomic E-state index is 0.0186. The van der Waals surface area contributed by atoms with E-state index >= 15 is 0 Å². The fourth-order valence-electron chi connectivity index (χ4n) is 5.11. The fourth-order valence-corrected chi connectivity index (χ4v) is 5.88. The molecule has 2 heterocycles. The number of carbonyl (C=O) groups is 1. The first-order valence-electron chi connectivity index (χ1n) is 13.7. The van der Waals surface area contributed by atoms with Gasteiger partial charge in [-0.15, -0.1) is 5.10 Å². The van der Waals surface area contributed by atoms with E-state index in [2.05, 4.69) is 15.6 Å². The minimum atomic E-state index is -3.83. The smallest absolute Gasteiger partial charge is 0.277 e. The Morgan fingerprint density at radius 3 is 2.24 bits per heavy atom. The third-order valence-corrected chi connectivity index (χ3v) is 9.05. The maximum atomic E-state index is 13.7. The Kier molecular flexibility index (Phi) is 7.82. The number of rotatable bonds is 7. The van der Waals surface area contributed by atoms with Gasteiger partial charge < -0.3 is 9.73 Å². The molecule has 6 aromatic rings. The van der Waals surface area contributed by atoms with E-state index in [1.807, 2.05) is 0 Å². The van der Waals surface area contributed by atoms with Gasteiger partial charge in [0.25, 0.3) is 11.5 Å². The highest BCUT2D eigenvalue weighted by atomic mass is 35.5. The van der Waals surface area contributed by atoms with Crippen molar-refractivity contribution in [3.8, 4) is 22.5 Å². The average molecular weight is 664 g/mol. The van der Waals surface area contributed by atoms with Crippen molar-refractivity contribution in [3.63, 3.8) is 0 Å². The van der Waals surface area contributed by atoms with Crippen LogP contribution in [0.4, 0.5) is 14.5 Å². The van der Waals surface area contributed by atoms with Crippen LogP contribution < -0.4 is 15.2 Å². The molecule has 0 unspecified atom stereocenters. The zero-order chi connectivity index (χ0) is 32.9. The molecule has 0 spiro atoms. The van der Waals surface area contributed by atoms with Crippen LogP contribution in [0, 0.1) is 11.6 Å². The Labute approximate surface area is 265 Å². The summed E-state index contributed by atoms with van der Waals surface area (Å²) in [5, 5.41) is 11.3. The van der Waals surface area contributed by atoms with Gasteiger partial charge in [-0.05, 0) is 60.2 Å². The molecule has 0 saturated heterocycles. The van der Waals surface area contributed by atoms with Gasteiger partial charge in [-0.2, -0.15) is 0 Å². The molecule has 2 aromatic heterocycles. The molecule has 0 bridgehead atoms. The Morgan fingerprint density at radius 2 is 1.61 bits per heavy atom. The van der Waals surface area contributed by atoms with Gasteiger partial charge in [-0.25, -0.2) is 21.9 Å². The number of fused-ring (bicyclic) bond motifs is 2. The number of anilines is 1. The van der Waals surface area contributed by atoms with Crippen LogP contribution in [0.5, 0.6) is 0 Å². The van der Waals surface area contributed by atoms with Gasteiger partial charge in [0.15, 0.2) is 0 Å². The molecule has 6 rings (SSSR count). The molecule has 46 heavy (non-hydrogen) atoms. The summed E-state index contributed by atoms with van der Waals surface area (Å²) in [7, 11) is -1.04. The van der Waals surface area contributed by atoms with Crippen molar-refractivity contribution in [1.82, 2.24) is 20.3 Å². The van der Waals surface area contributed by atoms with E-state index in [4.69, 9.17) is 16.0 Å². The van der Waals surface area contributed by atoms with E-state index in [1.54, 1.807) is 6.07 Å². The van der Waals surface area contributed by atoms with Crippen LogP contribution in [-0.4, -0.2) is 49.7 Å². The minimum Gasteiger partial charge on any atom is -0.455 e. The Bertz CT molecular complexity index is 2340. The zero-order valence-corrected chi connectivity index (χ0v) is 26.1. The Balaban J connectivity index is 1.62. The summed E-state index contributed by atoms with van der Waals surface area (Å²) in [5.74, 6) is -1.26. The number of carbonyl (C=O) groups excluding carboxylic acids is 1. The number of halogens is 3. The van der Waals surface area contributed by atoms with Crippen molar-refractivity contribution in [2.75, 3.05) is 24.7 Å². The molecule has 4 aromatic carbocycles. The molecule has 0 atom stereocenters. The van der Waals surface area contributed by atoms with E-state index < -0.39 is 33.1 Å². The van der Waals surface area contributed by atoms with Gasteiger partial charge in [-0.1, -0.05) is 28.9 Å². The van der Waals surface area contributed by atoms with Gasteiger partial charge in [0.1, 0.15) is 28.5 Å². The largest absolute Gasteiger partial charge is 0.455 e. The normalized spacial score (nSPS) is 11.7. The second-order valence-corrected chi connectivity index (χ2v) is 12.9. The van der Waals surface area contributed by atoms with E-state index in [0.29, 0.717) is 16.5 Å². The van der Waals surface area contributed by atoms with Gasteiger partial charge in [0.05, 0.1) is 34.5 Å². The summed E-state index contributed by atoms with van der Waals surface area (Å²) < 4.78 is 61.0. The average Bonchev–Trinajstić information content (AvgIpc) is 3.40. The molecule has 0 radical (unpaired) electrons. The number of nitrogens with zero attached hydrogens (tertiary/aromatic N) is 4. The molecule has 0 fully saturated rings. The van der Waals surface area contributed by atoms with Crippen LogP contribution in [-0.2, 0) is 16.6 Å². The third-order valence-electron chi connectivity index (χ3n) is 7.55. The molecular formula is C32H24ClF2N5O5S. The molecular weight excluding hydrogens is 640 g/mol. The maximum Gasteiger partial charge on any atom is 0.277 e. The number of nitrogens with one attached hydrogen (secondary N) is 1. The number of sulfonamides is 1. The van der Waals surface area contributed by atoms with Gasteiger partial charge in [-0.3, -0.25) is 13.9 Å². The molecule has 1 N–H and O–H groups in total. The summed E-state index contributed by atoms with van der Waals surface area (Å²) in [6.07, 6.45) is 1.02. The maximum absolute atomic E-state index is 13.7. The van der Waals surface area contributed by atoms with Gasteiger partial charge >= 0.3 is 0 Å². The summed E-state index contributed by atoms with van der Waals surface area (Å²) in [5.41, 5.74) is 1.71. The highest BCUT2D eigenvalue weighted by Gasteiger charge is 2.27. The van der Waals surface area contributed by atoms with E-state index in [-0.39, 0.29) is 56.2 Å². The lowest BCUT2D eigenvalue weighted by molar-refractivity contribution is 0.0964. The summed E-state index contributed by atoms with van der Waals surface area (Å²) in [6.45, 7) is 0.0186. The topological polar surface area (TPSA) is 127 Å². The molecule has 0 aliphatic heterocycles. The fraction of sp³-hybridized carbons (Fsp3) is 0.125. The van der Waals surface area contributed by atoms with Crippen LogP contribution in [0.1, 0.15) is 15.9 Å². The van der Waals surface area contributed by atoms with Crippen molar-refractivity contribution in [1.29, 1.82) is 0 Å². The lowest BCUT2D eigenvalue weighted by Gasteiger charge is -2.21. The molecule has 0 aliphatic carbocycles. The summed E-state index contributed by atoms with van der Waals surface area (Å²) >= 11 is 6.74. The van der Waals surface area contributed by atoms with Crippen molar-refractivity contribution in [2.45, 2.75) is 6.54 Å². The van der Waals surface area contributed by atoms with Crippen molar-refractivity contribution >= 4 is 55.1 Å². The predicted molar refractivity (Wildman–Crippen MR) is 172 cm³/mol. The van der Waals surface area contributed by atoms with Crippen LogP contribution in [0.2, 0.25) is 5.02 Å². The van der Waals surface area contributed by atoms with E-state index in [1.165, 1.54) is 80.8 Å². The Morgan fingerprint density at radius 1 is 0.978 bits per heavy atom. The van der Waals surface area contributed by atoms with Crippen LogP contribution in [0.3, 0.4) is 0 Å². The van der Waals surface area contributed by atoms with E-state index in [0.717, 1.165) is 15.2 Å².